The first-order chi connectivity index (χ1) is 16.1. The lowest BCUT2D eigenvalue weighted by molar-refractivity contribution is -0.385. The highest BCUT2D eigenvalue weighted by molar-refractivity contribution is 6.02. The number of alkyl halides is 3. The molecule has 0 atom stereocenters. The third kappa shape index (κ3) is 6.27. The lowest BCUT2D eigenvalue weighted by atomic mass is 10.1. The van der Waals surface area contributed by atoms with Crippen LogP contribution >= 0.6 is 0 Å². The number of ether oxygens (including phenoxy) is 3. The van der Waals surface area contributed by atoms with E-state index in [1.165, 1.54) is 0 Å². The highest BCUT2D eigenvalue weighted by atomic mass is 19.4. The summed E-state index contributed by atoms with van der Waals surface area (Å²) in [6.07, 6.45) is -4.63. The predicted molar refractivity (Wildman–Crippen MR) is 112 cm³/mol. The van der Waals surface area contributed by atoms with E-state index in [9.17, 15) is 32.9 Å². The van der Waals surface area contributed by atoms with Crippen LogP contribution in [0.15, 0.2) is 36.4 Å². The molecule has 0 aromatic heterocycles. The van der Waals surface area contributed by atoms with Crippen molar-refractivity contribution in [2.45, 2.75) is 13.1 Å². The molecule has 0 fully saturated rings. The lowest BCUT2D eigenvalue weighted by Gasteiger charge is -2.22. The molecular formula is C21H20F3N3O7. The third-order valence-electron chi connectivity index (χ3n) is 4.63. The van der Waals surface area contributed by atoms with Gasteiger partial charge in [-0.05, 0) is 31.2 Å². The van der Waals surface area contributed by atoms with E-state index in [4.69, 9.17) is 9.47 Å². The molecule has 0 saturated carbocycles. The Balaban J connectivity index is 1.74. The van der Waals surface area contributed by atoms with Crippen LogP contribution in [0.2, 0.25) is 0 Å². The number of rotatable bonds is 8. The van der Waals surface area contributed by atoms with E-state index in [1.54, 1.807) is 25.1 Å². The zero-order valence-corrected chi connectivity index (χ0v) is 17.9. The van der Waals surface area contributed by atoms with Crippen LogP contribution in [-0.4, -0.2) is 60.7 Å². The number of fused-ring (bicyclic) bond motifs is 1. The molecule has 1 aliphatic rings. The summed E-state index contributed by atoms with van der Waals surface area (Å²) in [6, 6.07) is 7.44. The van der Waals surface area contributed by atoms with E-state index in [1.807, 2.05) is 0 Å². The Labute approximate surface area is 191 Å². The molecule has 2 aromatic rings. The number of nitro groups is 1. The summed E-state index contributed by atoms with van der Waals surface area (Å²) in [6.45, 7) is 0.208. The Morgan fingerprint density at radius 2 is 1.85 bits per heavy atom. The van der Waals surface area contributed by atoms with Crippen molar-refractivity contribution in [3.8, 4) is 17.2 Å². The minimum Gasteiger partial charge on any atom is -0.486 e. The Kier molecular flexibility index (Phi) is 7.44. The number of carbonyl (C=O) groups excluding carboxylic acids is 2. The van der Waals surface area contributed by atoms with Gasteiger partial charge in [-0.1, -0.05) is 0 Å². The van der Waals surface area contributed by atoms with E-state index in [0.717, 1.165) is 23.1 Å². The van der Waals surface area contributed by atoms with Crippen LogP contribution < -0.4 is 19.5 Å². The monoisotopic (exact) mass is 483 g/mol. The van der Waals surface area contributed by atoms with Gasteiger partial charge >= 0.3 is 6.18 Å². The van der Waals surface area contributed by atoms with Gasteiger partial charge in [-0.2, -0.15) is 13.2 Å². The van der Waals surface area contributed by atoms with Crippen LogP contribution in [-0.2, 0) is 4.79 Å². The second-order valence-corrected chi connectivity index (χ2v) is 7.07. The normalized spacial score (nSPS) is 12.6. The fourth-order valence-electron chi connectivity index (χ4n) is 3.09. The zero-order chi connectivity index (χ0) is 24.9. The summed E-state index contributed by atoms with van der Waals surface area (Å²) >= 11 is 0. The average molecular weight is 483 g/mol. The number of likely N-dealkylation sites (N-methyl/N-ethyl adjacent to an activating group) is 1. The maximum atomic E-state index is 13.0. The van der Waals surface area contributed by atoms with Gasteiger partial charge in [0.1, 0.15) is 31.1 Å². The molecule has 34 heavy (non-hydrogen) atoms. The number of carbonyl (C=O) groups is 2. The number of halogens is 3. The van der Waals surface area contributed by atoms with Crippen LogP contribution in [0, 0.1) is 10.1 Å². The summed E-state index contributed by atoms with van der Waals surface area (Å²) < 4.78 is 52.8. The minimum absolute atomic E-state index is 0.00180. The Morgan fingerprint density at radius 1 is 1.15 bits per heavy atom. The van der Waals surface area contributed by atoms with E-state index in [-0.39, 0.29) is 12.3 Å². The number of amides is 2. The van der Waals surface area contributed by atoms with Crippen molar-refractivity contribution in [3.05, 3.63) is 52.1 Å². The number of benzene rings is 2. The van der Waals surface area contributed by atoms with E-state index in [2.05, 4.69) is 10.1 Å². The number of anilines is 1. The molecular weight excluding hydrogens is 463 g/mol. The molecule has 13 heteroatoms. The summed E-state index contributed by atoms with van der Waals surface area (Å²) in [5.41, 5.74) is -0.750. The molecule has 2 aromatic carbocycles. The van der Waals surface area contributed by atoms with Crippen LogP contribution in [0.5, 0.6) is 17.2 Å². The predicted octanol–water partition coefficient (Wildman–Crippen LogP) is 3.41. The Bertz CT molecular complexity index is 1090. The molecule has 0 aliphatic carbocycles. The molecule has 0 saturated heterocycles. The van der Waals surface area contributed by atoms with Gasteiger partial charge in [0.25, 0.3) is 11.6 Å². The number of hydrogen-bond acceptors (Lipinski definition) is 7. The van der Waals surface area contributed by atoms with Gasteiger partial charge in [0.15, 0.2) is 18.1 Å². The second-order valence-electron chi connectivity index (χ2n) is 7.07. The number of nitrogens with zero attached hydrogens (tertiary/aromatic N) is 2. The molecule has 182 valence electrons. The van der Waals surface area contributed by atoms with Gasteiger partial charge < -0.3 is 24.4 Å². The molecule has 0 spiro atoms. The molecule has 1 N–H and O–H groups in total. The van der Waals surface area contributed by atoms with Crippen LogP contribution in [0.4, 0.5) is 24.5 Å². The summed E-state index contributed by atoms with van der Waals surface area (Å²) in [4.78, 5) is 37.0. The van der Waals surface area contributed by atoms with Gasteiger partial charge in [0.2, 0.25) is 5.91 Å². The molecule has 10 nitrogen and oxygen atoms in total. The zero-order valence-electron chi connectivity index (χ0n) is 17.9. The first kappa shape index (κ1) is 24.6. The molecule has 1 heterocycles. The highest BCUT2D eigenvalue weighted by Crippen LogP contribution is 2.32. The third-order valence-corrected chi connectivity index (χ3v) is 4.63. The van der Waals surface area contributed by atoms with Crippen molar-refractivity contribution < 1.29 is 41.9 Å². The van der Waals surface area contributed by atoms with E-state index in [0.29, 0.717) is 30.4 Å². The fourth-order valence-corrected chi connectivity index (χ4v) is 3.09. The fraction of sp³-hybridized carbons (Fsp3) is 0.333. The molecule has 2 amide bonds. The van der Waals surface area contributed by atoms with Crippen molar-refractivity contribution in [2.24, 2.45) is 0 Å². The Hall–Kier alpha value is -4.03. The summed E-state index contributed by atoms with van der Waals surface area (Å²) in [5.74, 6) is -0.917. The minimum atomic E-state index is -4.63. The number of nitrogens with one attached hydrogen (secondary N) is 1. The van der Waals surface area contributed by atoms with Gasteiger partial charge in [-0.25, -0.2) is 0 Å². The molecule has 3 rings (SSSR count). The molecule has 1 aliphatic heterocycles. The van der Waals surface area contributed by atoms with Gasteiger partial charge in [0.05, 0.1) is 4.92 Å². The lowest BCUT2D eigenvalue weighted by Crippen LogP contribution is -2.38. The first-order valence-corrected chi connectivity index (χ1v) is 10.0. The maximum absolute atomic E-state index is 13.0. The van der Waals surface area contributed by atoms with Gasteiger partial charge in [-0.3, -0.25) is 19.7 Å². The largest absolute Gasteiger partial charge is 0.486 e. The SMILES string of the molecule is CCN(CC(=O)Nc1ccc2c(c1)OCCO2)C(=O)c1cc(OCC(F)(F)F)ccc1[N+](=O)[O-]. The quantitative estimate of drug-likeness (QED) is 0.451. The standard InChI is InChI=1S/C21H20F3N3O7/c1-2-26(11-19(28)25-13-3-6-17-18(9-13)33-8-7-32-17)20(29)15-10-14(34-12-21(22,23)24)4-5-16(15)27(30)31/h3-6,9-10H,2,7-8,11-12H2,1H3,(H,25,28). The topological polar surface area (TPSA) is 120 Å². The van der Waals surface area contributed by atoms with Gasteiger partial charge in [0, 0.05) is 24.4 Å². The average Bonchev–Trinajstić information content (AvgIpc) is 2.80. The van der Waals surface area contributed by atoms with Gasteiger partial charge in [-0.15, -0.1) is 0 Å². The summed E-state index contributed by atoms with van der Waals surface area (Å²) in [5, 5.41) is 14.0. The molecule has 0 unspecified atom stereocenters. The second kappa shape index (κ2) is 10.3. The van der Waals surface area contributed by atoms with Crippen LogP contribution in [0.25, 0.3) is 0 Å². The molecule has 0 bridgehead atoms. The van der Waals surface area contributed by atoms with Crippen LogP contribution in [0.3, 0.4) is 0 Å². The first-order valence-electron chi connectivity index (χ1n) is 10.0. The number of nitro benzene ring substituents is 1. The maximum Gasteiger partial charge on any atom is 0.422 e. The smallest absolute Gasteiger partial charge is 0.422 e. The van der Waals surface area contributed by atoms with Crippen molar-refractivity contribution in [2.75, 3.05) is 38.2 Å². The van der Waals surface area contributed by atoms with Crippen molar-refractivity contribution >= 4 is 23.2 Å². The van der Waals surface area contributed by atoms with Crippen molar-refractivity contribution in [1.29, 1.82) is 0 Å². The summed E-state index contributed by atoms with van der Waals surface area (Å²) in [7, 11) is 0. The van der Waals surface area contributed by atoms with Crippen molar-refractivity contribution in [1.82, 2.24) is 4.90 Å². The van der Waals surface area contributed by atoms with E-state index < -0.39 is 47.3 Å². The number of hydrogen-bond donors (Lipinski definition) is 1. The highest BCUT2D eigenvalue weighted by Gasteiger charge is 2.30. The molecule has 0 radical (unpaired) electrons. The van der Waals surface area contributed by atoms with Crippen molar-refractivity contribution in [3.63, 3.8) is 0 Å². The van der Waals surface area contributed by atoms with Crippen LogP contribution in [0.1, 0.15) is 17.3 Å². The Morgan fingerprint density at radius 3 is 2.50 bits per heavy atom. The van der Waals surface area contributed by atoms with E-state index >= 15 is 0 Å².